The fourth-order valence-corrected chi connectivity index (χ4v) is 2.65. The van der Waals surface area contributed by atoms with Gasteiger partial charge < -0.3 is 9.64 Å². The highest BCUT2D eigenvalue weighted by Crippen LogP contribution is 2.13. The van der Waals surface area contributed by atoms with Gasteiger partial charge in [0, 0.05) is 12.8 Å². The first-order chi connectivity index (χ1) is 8.88. The highest BCUT2D eigenvalue weighted by Gasteiger charge is 2.13. The van der Waals surface area contributed by atoms with Crippen molar-refractivity contribution in [3.8, 4) is 5.75 Å². The van der Waals surface area contributed by atoms with Crippen molar-refractivity contribution in [1.82, 2.24) is 0 Å². The average Bonchev–Trinajstić information content (AvgIpc) is 2.92. The largest absolute Gasteiger partial charge is 0.494 e. The summed E-state index contributed by atoms with van der Waals surface area (Å²) in [6.07, 6.45) is 6.41. The van der Waals surface area contributed by atoms with E-state index in [-0.39, 0.29) is 0 Å². The topological polar surface area (TPSA) is 13.7 Å². The Kier molecular flexibility index (Phi) is 5.53. The van der Waals surface area contributed by atoms with E-state index in [4.69, 9.17) is 4.74 Å². The lowest BCUT2D eigenvalue weighted by molar-refractivity contribution is -0.887. The van der Waals surface area contributed by atoms with Gasteiger partial charge in [-0.1, -0.05) is 19.1 Å². The molecular weight excluding hydrogens is 222 g/mol. The summed E-state index contributed by atoms with van der Waals surface area (Å²) < 4.78 is 5.80. The Hall–Kier alpha value is -1.02. The van der Waals surface area contributed by atoms with Crippen LogP contribution < -0.4 is 9.64 Å². The first-order valence-electron chi connectivity index (χ1n) is 7.44. The number of ether oxygens (including phenoxy) is 1. The summed E-state index contributed by atoms with van der Waals surface area (Å²) >= 11 is 0. The molecule has 100 valence electrons. The lowest BCUT2D eigenvalue weighted by atomic mass is 10.2. The van der Waals surface area contributed by atoms with Gasteiger partial charge in [-0.2, -0.15) is 0 Å². The van der Waals surface area contributed by atoms with E-state index in [2.05, 4.69) is 31.2 Å². The molecule has 1 fully saturated rings. The second-order valence-electron chi connectivity index (χ2n) is 5.26. The molecule has 0 atom stereocenters. The Bertz CT molecular complexity index is 345. The van der Waals surface area contributed by atoms with Crippen LogP contribution in [-0.4, -0.2) is 26.2 Å². The molecular formula is C16H26NO+. The molecule has 1 saturated heterocycles. The van der Waals surface area contributed by atoms with E-state index in [0.29, 0.717) is 0 Å². The van der Waals surface area contributed by atoms with Crippen molar-refractivity contribution in [2.45, 2.75) is 39.0 Å². The molecule has 0 unspecified atom stereocenters. The van der Waals surface area contributed by atoms with Crippen LogP contribution >= 0.6 is 0 Å². The number of unbranched alkanes of at least 4 members (excludes halogenated alkanes) is 1. The van der Waals surface area contributed by atoms with Gasteiger partial charge in [0.25, 0.3) is 0 Å². The maximum atomic E-state index is 5.80. The SMILES string of the molecule is CCc1cccc(OCCCC[NH+]2CCCC2)c1. The third-order valence-corrected chi connectivity index (χ3v) is 3.81. The number of hydrogen-bond donors (Lipinski definition) is 1. The molecule has 1 heterocycles. The zero-order valence-electron chi connectivity index (χ0n) is 11.6. The van der Waals surface area contributed by atoms with Crippen LogP contribution in [0.15, 0.2) is 24.3 Å². The maximum absolute atomic E-state index is 5.80. The van der Waals surface area contributed by atoms with Gasteiger partial charge in [0.2, 0.25) is 0 Å². The Labute approximate surface area is 111 Å². The highest BCUT2D eigenvalue weighted by atomic mass is 16.5. The van der Waals surface area contributed by atoms with Gasteiger partial charge in [0.15, 0.2) is 0 Å². The van der Waals surface area contributed by atoms with Gasteiger partial charge in [-0.3, -0.25) is 0 Å². The minimum absolute atomic E-state index is 0.862. The van der Waals surface area contributed by atoms with Gasteiger partial charge in [0.05, 0.1) is 26.2 Å². The van der Waals surface area contributed by atoms with Crippen LogP contribution in [0.1, 0.15) is 38.2 Å². The predicted molar refractivity (Wildman–Crippen MR) is 75.3 cm³/mol. The van der Waals surface area contributed by atoms with Crippen LogP contribution in [0, 0.1) is 0 Å². The molecule has 1 aliphatic rings. The summed E-state index contributed by atoms with van der Waals surface area (Å²) in [6, 6.07) is 8.46. The van der Waals surface area contributed by atoms with E-state index in [1.165, 1.54) is 50.9 Å². The minimum atomic E-state index is 0.862. The van der Waals surface area contributed by atoms with E-state index in [9.17, 15) is 0 Å². The van der Waals surface area contributed by atoms with Crippen LogP contribution in [0.4, 0.5) is 0 Å². The molecule has 1 aromatic rings. The number of aryl methyl sites for hydroxylation is 1. The summed E-state index contributed by atoms with van der Waals surface area (Å²) in [5.41, 5.74) is 1.36. The average molecular weight is 248 g/mol. The molecule has 2 heteroatoms. The second kappa shape index (κ2) is 7.42. The summed E-state index contributed by atoms with van der Waals surface area (Å²) in [5, 5.41) is 0. The molecule has 0 spiro atoms. The number of quaternary nitrogens is 1. The van der Waals surface area contributed by atoms with Gasteiger partial charge in [-0.25, -0.2) is 0 Å². The number of nitrogens with one attached hydrogen (secondary N) is 1. The van der Waals surface area contributed by atoms with Crippen LogP contribution in [0.2, 0.25) is 0 Å². The normalized spacial score (nSPS) is 16.1. The third kappa shape index (κ3) is 4.34. The first kappa shape index (κ1) is 13.4. The predicted octanol–water partition coefficient (Wildman–Crippen LogP) is 2.09. The Morgan fingerprint density at radius 3 is 2.78 bits per heavy atom. The molecule has 1 aliphatic heterocycles. The zero-order valence-corrected chi connectivity index (χ0v) is 11.6. The summed E-state index contributed by atoms with van der Waals surface area (Å²) in [4.78, 5) is 1.79. The standard InChI is InChI=1S/C16H25NO/c1-2-15-8-7-9-16(14-15)18-13-6-5-12-17-10-3-4-11-17/h7-9,14H,2-6,10-13H2,1H3/p+1. The van der Waals surface area contributed by atoms with E-state index in [1.807, 2.05) is 0 Å². The molecule has 0 saturated carbocycles. The number of likely N-dealkylation sites (tertiary alicyclic amines) is 1. The summed E-state index contributed by atoms with van der Waals surface area (Å²) in [5.74, 6) is 1.03. The van der Waals surface area contributed by atoms with Crippen LogP contribution in [0.25, 0.3) is 0 Å². The van der Waals surface area contributed by atoms with Gasteiger partial charge >= 0.3 is 0 Å². The molecule has 1 N–H and O–H groups in total. The van der Waals surface area contributed by atoms with Crippen LogP contribution in [-0.2, 0) is 6.42 Å². The van der Waals surface area contributed by atoms with Crippen molar-refractivity contribution >= 4 is 0 Å². The molecule has 0 aliphatic carbocycles. The third-order valence-electron chi connectivity index (χ3n) is 3.81. The Morgan fingerprint density at radius 2 is 2.00 bits per heavy atom. The van der Waals surface area contributed by atoms with Crippen molar-refractivity contribution < 1.29 is 9.64 Å². The quantitative estimate of drug-likeness (QED) is 0.730. The molecule has 2 nitrogen and oxygen atoms in total. The number of hydrogen-bond acceptors (Lipinski definition) is 1. The number of rotatable bonds is 7. The maximum Gasteiger partial charge on any atom is 0.119 e. The molecule has 0 aromatic heterocycles. The van der Waals surface area contributed by atoms with E-state index >= 15 is 0 Å². The summed E-state index contributed by atoms with van der Waals surface area (Å²) in [6.45, 7) is 7.15. The molecule has 1 aromatic carbocycles. The van der Waals surface area contributed by atoms with E-state index < -0.39 is 0 Å². The zero-order chi connectivity index (χ0) is 12.6. The van der Waals surface area contributed by atoms with E-state index in [1.54, 1.807) is 4.90 Å². The van der Waals surface area contributed by atoms with Crippen LogP contribution in [0.5, 0.6) is 5.75 Å². The highest BCUT2D eigenvalue weighted by molar-refractivity contribution is 5.28. The number of benzene rings is 1. The fraction of sp³-hybridized carbons (Fsp3) is 0.625. The van der Waals surface area contributed by atoms with Crippen molar-refractivity contribution in [3.63, 3.8) is 0 Å². The molecule has 2 rings (SSSR count). The molecule has 0 bridgehead atoms. The smallest absolute Gasteiger partial charge is 0.119 e. The lowest BCUT2D eigenvalue weighted by Crippen LogP contribution is -3.09. The van der Waals surface area contributed by atoms with Crippen molar-refractivity contribution in [2.24, 2.45) is 0 Å². The van der Waals surface area contributed by atoms with Crippen molar-refractivity contribution in [3.05, 3.63) is 29.8 Å². The van der Waals surface area contributed by atoms with Gasteiger partial charge in [-0.15, -0.1) is 0 Å². The lowest BCUT2D eigenvalue weighted by Gasteiger charge is -2.12. The monoisotopic (exact) mass is 248 g/mol. The second-order valence-corrected chi connectivity index (χ2v) is 5.26. The minimum Gasteiger partial charge on any atom is -0.494 e. The van der Waals surface area contributed by atoms with Crippen LogP contribution in [0.3, 0.4) is 0 Å². The van der Waals surface area contributed by atoms with Crippen molar-refractivity contribution in [1.29, 1.82) is 0 Å². The van der Waals surface area contributed by atoms with E-state index in [0.717, 1.165) is 18.8 Å². The first-order valence-corrected chi connectivity index (χ1v) is 7.44. The van der Waals surface area contributed by atoms with Crippen molar-refractivity contribution in [2.75, 3.05) is 26.2 Å². The molecule has 18 heavy (non-hydrogen) atoms. The van der Waals surface area contributed by atoms with Gasteiger partial charge in [-0.05, 0) is 37.0 Å². The molecule has 0 amide bonds. The molecule has 0 radical (unpaired) electrons. The van der Waals surface area contributed by atoms with Gasteiger partial charge in [0.1, 0.15) is 5.75 Å². The Morgan fingerprint density at radius 1 is 1.17 bits per heavy atom. The summed E-state index contributed by atoms with van der Waals surface area (Å²) in [7, 11) is 0. The fourth-order valence-electron chi connectivity index (χ4n) is 2.65. The Balaban J connectivity index is 1.59.